The molecule has 1 atom stereocenters. The number of carbonyl (C=O) groups excluding carboxylic acids is 1. The Morgan fingerprint density at radius 3 is 2.23 bits per heavy atom. The van der Waals surface area contributed by atoms with Crippen molar-refractivity contribution >= 4 is 57.7 Å². The Morgan fingerprint density at radius 1 is 1.08 bits per heavy atom. The van der Waals surface area contributed by atoms with Crippen molar-refractivity contribution in [1.29, 1.82) is 0 Å². The SMILES string of the molecule is O=C(O)CC1SC(=Nc2ccc(Cl)cc2)N(Cc2ccc(Cl)cc2)C1=O. The highest BCUT2D eigenvalue weighted by Crippen LogP contribution is 2.33. The summed E-state index contributed by atoms with van der Waals surface area (Å²) in [5.41, 5.74) is 1.52. The van der Waals surface area contributed by atoms with E-state index < -0.39 is 11.2 Å². The number of hydrogen-bond donors (Lipinski definition) is 1. The molecule has 1 amide bonds. The summed E-state index contributed by atoms with van der Waals surface area (Å²) in [6, 6.07) is 14.0. The number of amidine groups is 1. The minimum absolute atomic E-state index is 0.250. The number of benzene rings is 2. The number of amides is 1. The molecule has 2 aromatic rings. The van der Waals surface area contributed by atoms with Gasteiger partial charge < -0.3 is 5.11 Å². The van der Waals surface area contributed by atoms with E-state index in [0.29, 0.717) is 27.4 Å². The van der Waals surface area contributed by atoms with Gasteiger partial charge in [-0.15, -0.1) is 0 Å². The highest BCUT2D eigenvalue weighted by molar-refractivity contribution is 8.15. The summed E-state index contributed by atoms with van der Waals surface area (Å²) in [6.45, 7) is 0.297. The van der Waals surface area contributed by atoms with E-state index in [1.807, 2.05) is 12.1 Å². The zero-order chi connectivity index (χ0) is 18.7. The topological polar surface area (TPSA) is 70.0 Å². The van der Waals surface area contributed by atoms with Gasteiger partial charge in [0.1, 0.15) is 5.25 Å². The van der Waals surface area contributed by atoms with Crippen molar-refractivity contribution in [3.05, 3.63) is 64.1 Å². The first kappa shape index (κ1) is 18.8. The molecule has 26 heavy (non-hydrogen) atoms. The number of carboxylic acids is 1. The lowest BCUT2D eigenvalue weighted by Crippen LogP contribution is -2.32. The lowest BCUT2D eigenvalue weighted by molar-refractivity contribution is -0.139. The molecular weight excluding hydrogens is 395 g/mol. The van der Waals surface area contributed by atoms with Gasteiger partial charge in [-0.25, -0.2) is 4.99 Å². The lowest BCUT2D eigenvalue weighted by Gasteiger charge is -2.16. The number of aliphatic imine (C=N–C) groups is 1. The standard InChI is InChI=1S/C18H14Cl2N2O3S/c19-12-3-1-11(2-4-12)10-22-17(25)15(9-16(23)24)26-18(22)21-14-7-5-13(20)6-8-14/h1-8,15H,9-10H2,(H,23,24). The Hall–Kier alpha value is -2.02. The zero-order valence-electron chi connectivity index (χ0n) is 13.4. The fourth-order valence-electron chi connectivity index (χ4n) is 2.43. The predicted octanol–water partition coefficient (Wildman–Crippen LogP) is 4.60. The Balaban J connectivity index is 1.89. The maximum absolute atomic E-state index is 12.7. The summed E-state index contributed by atoms with van der Waals surface area (Å²) >= 11 is 13.0. The second kappa shape index (κ2) is 8.12. The van der Waals surface area contributed by atoms with Gasteiger partial charge in [0.25, 0.3) is 0 Å². The summed E-state index contributed by atoms with van der Waals surface area (Å²) < 4.78 is 0. The molecule has 1 saturated heterocycles. The molecule has 1 fully saturated rings. The van der Waals surface area contributed by atoms with Crippen molar-refractivity contribution in [2.24, 2.45) is 4.99 Å². The van der Waals surface area contributed by atoms with Crippen molar-refractivity contribution in [3.8, 4) is 0 Å². The van der Waals surface area contributed by atoms with E-state index in [1.165, 1.54) is 4.90 Å². The van der Waals surface area contributed by atoms with E-state index in [4.69, 9.17) is 28.3 Å². The fraction of sp³-hybridized carbons (Fsp3) is 0.167. The molecule has 0 saturated carbocycles. The normalized spacial score (nSPS) is 18.5. The van der Waals surface area contributed by atoms with Gasteiger partial charge in [-0.3, -0.25) is 14.5 Å². The molecule has 0 bridgehead atoms. The van der Waals surface area contributed by atoms with Gasteiger partial charge in [0, 0.05) is 10.0 Å². The molecule has 0 spiro atoms. The van der Waals surface area contributed by atoms with Crippen LogP contribution in [0.15, 0.2) is 53.5 Å². The number of halogens is 2. The molecule has 1 aliphatic heterocycles. The number of carboxylic acid groups (broad SMARTS) is 1. The highest BCUT2D eigenvalue weighted by Gasteiger charge is 2.39. The van der Waals surface area contributed by atoms with E-state index in [-0.39, 0.29) is 12.3 Å². The van der Waals surface area contributed by atoms with Crippen molar-refractivity contribution in [2.75, 3.05) is 0 Å². The number of hydrogen-bond acceptors (Lipinski definition) is 4. The van der Waals surface area contributed by atoms with Crippen LogP contribution < -0.4 is 0 Å². The number of rotatable bonds is 5. The molecule has 1 heterocycles. The van der Waals surface area contributed by atoms with Crippen LogP contribution in [0.1, 0.15) is 12.0 Å². The van der Waals surface area contributed by atoms with Gasteiger partial charge in [-0.05, 0) is 42.0 Å². The minimum Gasteiger partial charge on any atom is -0.481 e. The number of thioether (sulfide) groups is 1. The maximum atomic E-state index is 12.7. The Kier molecular flexibility index (Phi) is 5.86. The molecule has 1 aliphatic rings. The average Bonchev–Trinajstić information content (AvgIpc) is 2.87. The number of aliphatic carboxylic acids is 1. The molecular formula is C18H14Cl2N2O3S. The maximum Gasteiger partial charge on any atom is 0.305 e. The molecule has 0 aromatic heterocycles. The van der Waals surface area contributed by atoms with Crippen LogP contribution in [0, 0.1) is 0 Å². The van der Waals surface area contributed by atoms with Gasteiger partial charge in [-0.1, -0.05) is 47.1 Å². The van der Waals surface area contributed by atoms with Gasteiger partial charge in [0.2, 0.25) is 5.91 Å². The van der Waals surface area contributed by atoms with Crippen LogP contribution in [0.3, 0.4) is 0 Å². The predicted molar refractivity (Wildman–Crippen MR) is 104 cm³/mol. The molecule has 1 N–H and O–H groups in total. The van der Waals surface area contributed by atoms with Crippen LogP contribution in [0.25, 0.3) is 0 Å². The summed E-state index contributed by atoms with van der Waals surface area (Å²) in [4.78, 5) is 29.8. The van der Waals surface area contributed by atoms with Crippen LogP contribution in [0.2, 0.25) is 10.0 Å². The van der Waals surface area contributed by atoms with E-state index in [0.717, 1.165) is 17.3 Å². The fourth-order valence-corrected chi connectivity index (χ4v) is 3.83. The molecule has 0 aliphatic carbocycles. The Morgan fingerprint density at radius 2 is 1.65 bits per heavy atom. The Labute approximate surface area is 164 Å². The van der Waals surface area contributed by atoms with Gasteiger partial charge >= 0.3 is 5.97 Å². The molecule has 3 rings (SSSR count). The summed E-state index contributed by atoms with van der Waals surface area (Å²) in [5, 5.41) is 10.0. The first-order valence-electron chi connectivity index (χ1n) is 7.71. The highest BCUT2D eigenvalue weighted by atomic mass is 35.5. The molecule has 8 heteroatoms. The molecule has 1 unspecified atom stereocenters. The van der Waals surface area contributed by atoms with E-state index in [2.05, 4.69) is 4.99 Å². The van der Waals surface area contributed by atoms with Crippen molar-refractivity contribution < 1.29 is 14.7 Å². The lowest BCUT2D eigenvalue weighted by atomic mass is 10.2. The van der Waals surface area contributed by atoms with E-state index in [9.17, 15) is 9.59 Å². The minimum atomic E-state index is -1.02. The van der Waals surface area contributed by atoms with Crippen LogP contribution in [0.4, 0.5) is 5.69 Å². The first-order valence-corrected chi connectivity index (χ1v) is 9.34. The quantitative estimate of drug-likeness (QED) is 0.784. The average molecular weight is 409 g/mol. The van der Waals surface area contributed by atoms with Crippen molar-refractivity contribution in [3.63, 3.8) is 0 Å². The molecule has 2 aromatic carbocycles. The monoisotopic (exact) mass is 408 g/mol. The van der Waals surface area contributed by atoms with Gasteiger partial charge in [-0.2, -0.15) is 0 Å². The zero-order valence-corrected chi connectivity index (χ0v) is 15.8. The van der Waals surface area contributed by atoms with Crippen molar-refractivity contribution in [1.82, 2.24) is 4.90 Å². The number of carbonyl (C=O) groups is 2. The Bertz CT molecular complexity index is 854. The summed E-state index contributed by atoms with van der Waals surface area (Å²) in [7, 11) is 0. The van der Waals surface area contributed by atoms with Crippen LogP contribution >= 0.6 is 35.0 Å². The third-order valence-corrected chi connectivity index (χ3v) is 5.36. The number of nitrogens with zero attached hydrogens (tertiary/aromatic N) is 2. The van der Waals surface area contributed by atoms with Gasteiger partial charge in [0.15, 0.2) is 5.17 Å². The summed E-state index contributed by atoms with van der Waals surface area (Å²) in [6.07, 6.45) is -0.250. The largest absolute Gasteiger partial charge is 0.481 e. The second-order valence-corrected chi connectivity index (χ2v) is 7.67. The second-order valence-electron chi connectivity index (χ2n) is 5.63. The van der Waals surface area contributed by atoms with Crippen LogP contribution in [-0.4, -0.2) is 32.3 Å². The molecule has 5 nitrogen and oxygen atoms in total. The molecule has 134 valence electrons. The van der Waals surface area contributed by atoms with Gasteiger partial charge in [0.05, 0.1) is 18.7 Å². The smallest absolute Gasteiger partial charge is 0.305 e. The summed E-state index contributed by atoms with van der Waals surface area (Å²) in [5.74, 6) is -1.28. The molecule has 0 radical (unpaired) electrons. The van der Waals surface area contributed by atoms with Crippen molar-refractivity contribution in [2.45, 2.75) is 18.2 Å². The third kappa shape index (κ3) is 4.58. The third-order valence-electron chi connectivity index (χ3n) is 3.69. The van der Waals surface area contributed by atoms with Crippen LogP contribution in [0.5, 0.6) is 0 Å². The first-order chi connectivity index (χ1) is 12.4. The van der Waals surface area contributed by atoms with E-state index >= 15 is 0 Å². The van der Waals surface area contributed by atoms with E-state index in [1.54, 1.807) is 36.4 Å². The van der Waals surface area contributed by atoms with Crippen LogP contribution in [-0.2, 0) is 16.1 Å².